The molecule has 0 radical (unpaired) electrons. The minimum absolute atomic E-state index is 0.131. The Bertz CT molecular complexity index is 1690. The zero-order valence-electron chi connectivity index (χ0n) is 25.1. The van der Waals surface area contributed by atoms with Crippen LogP contribution in [-0.2, 0) is 20.9 Å². The molecule has 3 N–H and O–H groups in total. The van der Waals surface area contributed by atoms with Gasteiger partial charge in [-0.3, -0.25) is 9.78 Å². The van der Waals surface area contributed by atoms with Gasteiger partial charge in [-0.1, -0.05) is 35.9 Å². The number of nitrogens with one attached hydrogen (secondary N) is 3. The Morgan fingerprint density at radius 3 is 2.82 bits per heavy atom. The van der Waals surface area contributed by atoms with Gasteiger partial charge in [-0.2, -0.15) is 5.26 Å². The van der Waals surface area contributed by atoms with Crippen LogP contribution in [0, 0.1) is 11.3 Å². The molecule has 6 rings (SSSR count). The molecule has 3 heterocycles. The minimum Gasteiger partial charge on any atom is -0.486 e. The fourth-order valence-corrected chi connectivity index (χ4v) is 5.83. The molecule has 2 aliphatic heterocycles. The molecule has 1 aromatic heterocycles. The molecule has 2 fully saturated rings. The Labute approximate surface area is 267 Å². The van der Waals surface area contributed by atoms with Gasteiger partial charge in [-0.15, -0.1) is 11.6 Å². The van der Waals surface area contributed by atoms with Gasteiger partial charge in [0.15, 0.2) is 0 Å². The van der Waals surface area contributed by atoms with Gasteiger partial charge in [-0.05, 0) is 62.7 Å². The Morgan fingerprint density at radius 1 is 1.27 bits per heavy atom. The van der Waals surface area contributed by atoms with E-state index in [-0.39, 0.29) is 12.0 Å². The Balaban J connectivity index is 1.29. The zero-order chi connectivity index (χ0) is 31.2. The molecular weight excluding hydrogens is 590 g/mol. The second kappa shape index (κ2) is 13.8. The number of carbonyl (C=O) groups excluding carboxylic acids is 1. The molecule has 3 unspecified atom stereocenters. The van der Waals surface area contributed by atoms with Gasteiger partial charge < -0.3 is 30.2 Å². The van der Waals surface area contributed by atoms with E-state index in [9.17, 15) is 10.1 Å². The van der Waals surface area contributed by atoms with E-state index in [1.165, 1.54) is 6.20 Å². The molecule has 3 aliphatic rings. The second-order valence-corrected chi connectivity index (χ2v) is 12.1. The monoisotopic (exact) mass is 625 g/mol. The third-order valence-electron chi connectivity index (χ3n) is 8.24. The molecule has 2 saturated heterocycles. The zero-order valence-corrected chi connectivity index (χ0v) is 25.9. The van der Waals surface area contributed by atoms with Crippen molar-refractivity contribution in [3.05, 3.63) is 95.4 Å². The second-order valence-electron chi connectivity index (χ2n) is 11.6. The molecule has 2 aromatic carbocycles. The summed E-state index contributed by atoms with van der Waals surface area (Å²) < 4.78 is 18.0. The summed E-state index contributed by atoms with van der Waals surface area (Å²) in [6.07, 6.45) is 11.2. The van der Waals surface area contributed by atoms with Crippen LogP contribution in [0.15, 0.2) is 84.2 Å². The molecule has 45 heavy (non-hydrogen) atoms. The van der Waals surface area contributed by atoms with E-state index < -0.39 is 11.0 Å². The van der Waals surface area contributed by atoms with Crippen molar-refractivity contribution in [2.24, 2.45) is 0 Å². The van der Waals surface area contributed by atoms with Crippen molar-refractivity contribution in [1.29, 1.82) is 5.26 Å². The summed E-state index contributed by atoms with van der Waals surface area (Å²) in [6, 6.07) is 15.8. The van der Waals surface area contributed by atoms with Crippen molar-refractivity contribution in [1.82, 2.24) is 10.3 Å². The van der Waals surface area contributed by atoms with Crippen molar-refractivity contribution in [2.75, 3.05) is 36.9 Å². The van der Waals surface area contributed by atoms with Gasteiger partial charge in [0.2, 0.25) is 5.91 Å². The first-order valence-corrected chi connectivity index (χ1v) is 15.7. The molecular formula is C35H36ClN5O4. The van der Waals surface area contributed by atoms with Crippen LogP contribution in [0.3, 0.4) is 0 Å². The largest absolute Gasteiger partial charge is 0.486 e. The predicted molar refractivity (Wildman–Crippen MR) is 175 cm³/mol. The fourth-order valence-electron chi connectivity index (χ4n) is 5.56. The van der Waals surface area contributed by atoms with Crippen LogP contribution in [-0.4, -0.2) is 54.3 Å². The average Bonchev–Trinajstić information content (AvgIpc) is 3.57. The Morgan fingerprint density at radius 2 is 2.09 bits per heavy atom. The lowest BCUT2D eigenvalue weighted by atomic mass is 9.95. The van der Waals surface area contributed by atoms with Gasteiger partial charge in [0.25, 0.3) is 0 Å². The van der Waals surface area contributed by atoms with E-state index >= 15 is 0 Å². The summed E-state index contributed by atoms with van der Waals surface area (Å²) in [5, 5.41) is 20.0. The van der Waals surface area contributed by atoms with E-state index in [1.807, 2.05) is 61.5 Å². The number of anilines is 2. The summed E-state index contributed by atoms with van der Waals surface area (Å²) in [5.74, 6) is 0.275. The van der Waals surface area contributed by atoms with Gasteiger partial charge in [0, 0.05) is 35.8 Å². The van der Waals surface area contributed by atoms with Crippen LogP contribution in [0.1, 0.15) is 37.3 Å². The van der Waals surface area contributed by atoms with Crippen LogP contribution in [0.4, 0.5) is 11.4 Å². The van der Waals surface area contributed by atoms with E-state index in [2.05, 4.69) is 27.0 Å². The molecule has 3 atom stereocenters. The highest BCUT2D eigenvalue weighted by Crippen LogP contribution is 2.38. The maximum atomic E-state index is 13.2. The molecule has 10 heteroatoms. The number of hydrogen-bond donors (Lipinski definition) is 3. The molecule has 9 nitrogen and oxygen atoms in total. The quantitative estimate of drug-likeness (QED) is 0.197. The third-order valence-corrected chi connectivity index (χ3v) is 8.80. The number of rotatable bonds is 9. The van der Waals surface area contributed by atoms with Gasteiger partial charge >= 0.3 is 0 Å². The van der Waals surface area contributed by atoms with Crippen LogP contribution in [0.25, 0.3) is 10.9 Å². The summed E-state index contributed by atoms with van der Waals surface area (Å²) in [7, 11) is 0. The number of aromatic nitrogens is 1. The number of fused-ring (bicyclic) bond motifs is 1. The lowest BCUT2D eigenvalue weighted by Crippen LogP contribution is -2.38. The lowest BCUT2D eigenvalue weighted by Gasteiger charge is -2.33. The minimum atomic E-state index is -0.725. The fraction of sp³-hybridized carbons (Fsp3) is 0.343. The van der Waals surface area contributed by atoms with Crippen LogP contribution >= 0.6 is 11.6 Å². The highest BCUT2D eigenvalue weighted by atomic mass is 35.5. The van der Waals surface area contributed by atoms with Gasteiger partial charge in [0.05, 0.1) is 47.7 Å². The molecule has 1 aliphatic carbocycles. The standard InChI is InChI=1S/C35H36ClN5O4/c1-35(44-21-24-5-3-2-4-6-24)11-7-26(16-32(35)36)40-34-25(19-37)20-39-29-18-31(45-27-10-14-43-22-27)30(17-28(29)34)41-33(42)15-23-8-12-38-13-9-23/h2-7,11,15-18,20,27,32,38H,8-10,12-14,21-22H2,1H3,(H,39,40)(H,41,42). The first-order chi connectivity index (χ1) is 21.9. The molecule has 3 aromatic rings. The SMILES string of the molecule is CC1(OCc2ccccc2)C=CC(Nc2c(C#N)cnc3cc(OC4CCOC4)c(NC(=O)C=C4CCNCC4)cc23)=CC1Cl. The molecule has 0 saturated carbocycles. The van der Waals surface area contributed by atoms with Crippen LogP contribution < -0.4 is 20.7 Å². The number of carbonyl (C=O) groups is 1. The number of nitrogens with zero attached hydrogens (tertiary/aromatic N) is 2. The van der Waals surface area contributed by atoms with Crippen LogP contribution in [0.2, 0.25) is 0 Å². The van der Waals surface area contributed by atoms with E-state index in [0.29, 0.717) is 59.1 Å². The van der Waals surface area contributed by atoms with Gasteiger partial charge in [-0.25, -0.2) is 0 Å². The summed E-state index contributed by atoms with van der Waals surface area (Å²) in [6.45, 7) is 5.19. The van der Waals surface area contributed by atoms with E-state index in [1.54, 1.807) is 12.1 Å². The van der Waals surface area contributed by atoms with Crippen molar-refractivity contribution >= 4 is 39.8 Å². The summed E-state index contributed by atoms with van der Waals surface area (Å²) in [5.41, 5.74) is 4.16. The van der Waals surface area contributed by atoms with E-state index in [4.69, 9.17) is 25.8 Å². The highest BCUT2D eigenvalue weighted by Gasteiger charge is 2.33. The van der Waals surface area contributed by atoms with Crippen molar-refractivity contribution in [2.45, 2.75) is 49.9 Å². The van der Waals surface area contributed by atoms with E-state index in [0.717, 1.165) is 43.5 Å². The number of allylic oxidation sites excluding steroid dienone is 1. The maximum Gasteiger partial charge on any atom is 0.248 e. The Kier molecular flexibility index (Phi) is 9.47. The van der Waals surface area contributed by atoms with Crippen molar-refractivity contribution < 1.29 is 19.0 Å². The number of hydrogen-bond acceptors (Lipinski definition) is 8. The number of ether oxygens (including phenoxy) is 3. The third kappa shape index (κ3) is 7.38. The van der Waals surface area contributed by atoms with Gasteiger partial charge in [0.1, 0.15) is 23.5 Å². The highest BCUT2D eigenvalue weighted by molar-refractivity contribution is 6.23. The first kappa shape index (κ1) is 30.8. The summed E-state index contributed by atoms with van der Waals surface area (Å²) >= 11 is 6.85. The number of amides is 1. The number of piperidine rings is 1. The molecule has 1 amide bonds. The van der Waals surface area contributed by atoms with Crippen LogP contribution in [0.5, 0.6) is 5.75 Å². The topological polar surface area (TPSA) is 118 Å². The first-order valence-electron chi connectivity index (χ1n) is 15.2. The average molecular weight is 626 g/mol. The number of pyridine rings is 1. The molecule has 0 spiro atoms. The molecule has 0 bridgehead atoms. The number of benzene rings is 2. The lowest BCUT2D eigenvalue weighted by molar-refractivity contribution is -0.112. The number of halogens is 1. The summed E-state index contributed by atoms with van der Waals surface area (Å²) in [4.78, 5) is 17.7. The maximum absolute atomic E-state index is 13.2. The smallest absolute Gasteiger partial charge is 0.248 e. The normalized spacial score (nSPS) is 22.9. The van der Waals surface area contributed by atoms with Crippen molar-refractivity contribution in [3.63, 3.8) is 0 Å². The number of nitriles is 1. The van der Waals surface area contributed by atoms with Crippen molar-refractivity contribution in [3.8, 4) is 11.8 Å². The Hall–Kier alpha value is -4.20. The predicted octanol–water partition coefficient (Wildman–Crippen LogP) is 5.97. The number of alkyl halides is 1. The molecule has 232 valence electrons.